The van der Waals surface area contributed by atoms with Crippen molar-refractivity contribution in [3.63, 3.8) is 0 Å². The van der Waals surface area contributed by atoms with Crippen molar-refractivity contribution in [2.75, 3.05) is 13.6 Å². The smallest absolute Gasteiger partial charge is 0.0353 e. The van der Waals surface area contributed by atoms with Crippen LogP contribution in [0.1, 0.15) is 13.3 Å². The zero-order valence-corrected chi connectivity index (χ0v) is 7.30. The molecule has 0 amide bonds. The van der Waals surface area contributed by atoms with E-state index in [1.165, 1.54) is 17.7 Å². The second-order valence-corrected chi connectivity index (χ2v) is 2.93. The van der Waals surface area contributed by atoms with Gasteiger partial charge in [-0.2, -0.15) is 0 Å². The molecule has 0 aromatic rings. The van der Waals surface area contributed by atoms with Crippen molar-refractivity contribution in [1.29, 1.82) is 0 Å². The Morgan fingerprint density at radius 3 is 2.73 bits per heavy atom. The van der Waals surface area contributed by atoms with Gasteiger partial charge in [0.2, 0.25) is 0 Å². The summed E-state index contributed by atoms with van der Waals surface area (Å²) in [4.78, 5) is 2.27. The topological polar surface area (TPSA) is 3.24 Å². The highest BCUT2D eigenvalue weighted by molar-refractivity contribution is 5.28. The van der Waals surface area contributed by atoms with Gasteiger partial charge in [0.1, 0.15) is 0 Å². The minimum atomic E-state index is 1.16. The quantitative estimate of drug-likeness (QED) is 0.545. The molecule has 1 rings (SSSR count). The molecule has 0 aliphatic carbocycles. The maximum Gasteiger partial charge on any atom is 0.0353 e. The molecule has 0 bridgehead atoms. The van der Waals surface area contributed by atoms with E-state index in [0.717, 1.165) is 6.54 Å². The van der Waals surface area contributed by atoms with Crippen LogP contribution in [-0.4, -0.2) is 18.5 Å². The normalized spacial score (nSPS) is 18.5. The van der Waals surface area contributed by atoms with Gasteiger partial charge in [-0.1, -0.05) is 18.7 Å². The average Bonchev–Trinajstić information content (AvgIpc) is 2.29. The van der Waals surface area contributed by atoms with Crippen LogP contribution in [0.4, 0.5) is 0 Å². The Morgan fingerprint density at radius 2 is 2.27 bits per heavy atom. The number of nitrogens with zero attached hydrogens (tertiary/aromatic N) is 1. The van der Waals surface area contributed by atoms with E-state index in [1.807, 2.05) is 12.2 Å². The number of allylic oxidation sites excluding steroid dienone is 3. The maximum absolute atomic E-state index is 3.64. The van der Waals surface area contributed by atoms with Crippen molar-refractivity contribution in [3.05, 3.63) is 36.1 Å². The zero-order chi connectivity index (χ0) is 8.27. The maximum atomic E-state index is 3.64. The van der Waals surface area contributed by atoms with Crippen LogP contribution in [-0.2, 0) is 0 Å². The van der Waals surface area contributed by atoms with Gasteiger partial charge in [-0.15, -0.1) is 0 Å². The fourth-order valence-corrected chi connectivity index (χ4v) is 1.34. The van der Waals surface area contributed by atoms with E-state index in [1.54, 1.807) is 0 Å². The standard InChI is InChI=1S/C10H15N/c1-4-5-6-10-9(2)7-8-11(10)3/h4-6H,1,7-8H2,2-3H3/b6-5-. The largest absolute Gasteiger partial charge is 0.374 e. The molecule has 0 spiro atoms. The van der Waals surface area contributed by atoms with Crippen LogP contribution >= 0.6 is 0 Å². The second kappa shape index (κ2) is 3.42. The van der Waals surface area contributed by atoms with Gasteiger partial charge >= 0.3 is 0 Å². The van der Waals surface area contributed by atoms with Crippen molar-refractivity contribution in [2.45, 2.75) is 13.3 Å². The van der Waals surface area contributed by atoms with E-state index in [4.69, 9.17) is 0 Å². The summed E-state index contributed by atoms with van der Waals surface area (Å²) in [6.45, 7) is 6.99. The fourth-order valence-electron chi connectivity index (χ4n) is 1.34. The summed E-state index contributed by atoms with van der Waals surface area (Å²) in [6, 6.07) is 0. The summed E-state index contributed by atoms with van der Waals surface area (Å²) in [7, 11) is 2.12. The first-order chi connectivity index (χ1) is 5.25. The van der Waals surface area contributed by atoms with Crippen molar-refractivity contribution >= 4 is 0 Å². The lowest BCUT2D eigenvalue weighted by Gasteiger charge is -2.12. The van der Waals surface area contributed by atoms with E-state index >= 15 is 0 Å². The van der Waals surface area contributed by atoms with Crippen LogP contribution < -0.4 is 0 Å². The molecule has 1 heteroatoms. The molecule has 0 aromatic carbocycles. The molecular weight excluding hydrogens is 134 g/mol. The lowest BCUT2D eigenvalue weighted by molar-refractivity contribution is 0.472. The van der Waals surface area contributed by atoms with Gasteiger partial charge in [-0.3, -0.25) is 0 Å². The van der Waals surface area contributed by atoms with E-state index < -0.39 is 0 Å². The number of hydrogen-bond donors (Lipinski definition) is 0. The van der Waals surface area contributed by atoms with Crippen LogP contribution in [0.3, 0.4) is 0 Å². The summed E-state index contributed by atoms with van der Waals surface area (Å²) in [5, 5.41) is 0. The monoisotopic (exact) mass is 149 g/mol. The molecule has 0 unspecified atom stereocenters. The Morgan fingerprint density at radius 1 is 1.55 bits per heavy atom. The van der Waals surface area contributed by atoms with Gasteiger partial charge < -0.3 is 4.90 Å². The molecule has 0 radical (unpaired) electrons. The third-order valence-corrected chi connectivity index (χ3v) is 2.06. The Balaban J connectivity index is 2.74. The van der Waals surface area contributed by atoms with Crippen molar-refractivity contribution in [3.8, 4) is 0 Å². The Bertz CT molecular complexity index is 211. The average molecular weight is 149 g/mol. The second-order valence-electron chi connectivity index (χ2n) is 2.93. The number of rotatable bonds is 2. The van der Waals surface area contributed by atoms with Crippen molar-refractivity contribution < 1.29 is 0 Å². The predicted octanol–water partition coefficient (Wildman–Crippen LogP) is 2.34. The molecule has 0 aromatic heterocycles. The Kier molecular flexibility index (Phi) is 2.53. The van der Waals surface area contributed by atoms with Crippen molar-refractivity contribution in [2.24, 2.45) is 0 Å². The van der Waals surface area contributed by atoms with E-state index in [-0.39, 0.29) is 0 Å². The molecule has 11 heavy (non-hydrogen) atoms. The zero-order valence-electron chi connectivity index (χ0n) is 7.30. The molecule has 1 aliphatic heterocycles. The minimum Gasteiger partial charge on any atom is -0.374 e. The lowest BCUT2D eigenvalue weighted by atomic mass is 10.2. The van der Waals surface area contributed by atoms with Crippen LogP contribution in [0, 0.1) is 0 Å². The molecule has 1 aliphatic rings. The SMILES string of the molecule is C=C/C=C\C1=C(C)CCN1C. The van der Waals surface area contributed by atoms with E-state index in [2.05, 4.69) is 31.5 Å². The van der Waals surface area contributed by atoms with E-state index in [9.17, 15) is 0 Å². The van der Waals surface area contributed by atoms with Crippen LogP contribution in [0.5, 0.6) is 0 Å². The highest BCUT2D eigenvalue weighted by Gasteiger charge is 2.12. The van der Waals surface area contributed by atoms with Gasteiger partial charge in [-0.25, -0.2) is 0 Å². The molecule has 0 saturated carbocycles. The summed E-state index contributed by atoms with van der Waals surface area (Å²) in [5.74, 6) is 0. The summed E-state index contributed by atoms with van der Waals surface area (Å²) >= 11 is 0. The summed E-state index contributed by atoms with van der Waals surface area (Å²) in [6.07, 6.45) is 7.12. The highest BCUT2D eigenvalue weighted by Crippen LogP contribution is 2.21. The first kappa shape index (κ1) is 8.12. The number of likely N-dealkylation sites (N-methyl/N-ethyl adjacent to an activating group) is 1. The predicted molar refractivity (Wildman–Crippen MR) is 49.3 cm³/mol. The lowest BCUT2D eigenvalue weighted by Crippen LogP contribution is -2.11. The fraction of sp³-hybridized carbons (Fsp3) is 0.400. The van der Waals surface area contributed by atoms with Crippen LogP contribution in [0.15, 0.2) is 36.1 Å². The van der Waals surface area contributed by atoms with Gasteiger partial charge in [0.15, 0.2) is 0 Å². The molecule has 0 N–H and O–H groups in total. The molecule has 1 heterocycles. The van der Waals surface area contributed by atoms with Gasteiger partial charge in [0.25, 0.3) is 0 Å². The van der Waals surface area contributed by atoms with Crippen molar-refractivity contribution in [1.82, 2.24) is 4.90 Å². The first-order valence-corrected chi connectivity index (χ1v) is 3.95. The van der Waals surface area contributed by atoms with Crippen LogP contribution in [0.2, 0.25) is 0 Å². The third-order valence-electron chi connectivity index (χ3n) is 2.06. The highest BCUT2D eigenvalue weighted by atomic mass is 15.1. The summed E-state index contributed by atoms with van der Waals surface area (Å²) < 4.78 is 0. The van der Waals surface area contributed by atoms with Gasteiger partial charge in [0.05, 0.1) is 0 Å². The Labute approximate surface area is 68.7 Å². The molecular formula is C10H15N. The Hall–Kier alpha value is -0.980. The summed E-state index contributed by atoms with van der Waals surface area (Å²) in [5.41, 5.74) is 2.83. The number of hydrogen-bond acceptors (Lipinski definition) is 1. The molecule has 0 fully saturated rings. The minimum absolute atomic E-state index is 1.16. The van der Waals surface area contributed by atoms with E-state index in [0.29, 0.717) is 0 Å². The van der Waals surface area contributed by atoms with Gasteiger partial charge in [0, 0.05) is 19.3 Å². The molecule has 1 nitrogen and oxygen atoms in total. The first-order valence-electron chi connectivity index (χ1n) is 3.95. The van der Waals surface area contributed by atoms with Gasteiger partial charge in [-0.05, 0) is 25.0 Å². The molecule has 60 valence electrons. The third kappa shape index (κ3) is 1.73. The molecule has 0 saturated heterocycles. The molecule has 0 atom stereocenters. The van der Waals surface area contributed by atoms with Crippen LogP contribution in [0.25, 0.3) is 0 Å².